The fourth-order valence-corrected chi connectivity index (χ4v) is 19.4. The normalized spacial score (nSPS) is 11.6. The van der Waals surface area contributed by atoms with Crippen molar-refractivity contribution >= 4 is 0 Å². The fraction of sp³-hybridized carbons (Fsp3) is 0.632. The molecule has 0 saturated heterocycles. The first-order chi connectivity index (χ1) is 56.6. The third-order valence-electron chi connectivity index (χ3n) is 26.0. The van der Waals surface area contributed by atoms with Gasteiger partial charge in [0.05, 0.1) is 0 Å². The van der Waals surface area contributed by atoms with Crippen molar-refractivity contribution in [3.05, 3.63) is 179 Å². The Morgan fingerprint density at radius 1 is 0.132 bits per heavy atom. The Labute approximate surface area is 706 Å². The Morgan fingerprint density at radius 2 is 0.307 bits per heavy atom. The largest absolute Gasteiger partial charge is 0.0654 e. The van der Waals surface area contributed by atoms with Gasteiger partial charge in [0.2, 0.25) is 0 Å². The first kappa shape index (κ1) is 95.7. The van der Waals surface area contributed by atoms with Crippen LogP contribution in [0.25, 0.3) is 66.8 Å². The van der Waals surface area contributed by atoms with Crippen LogP contribution in [-0.4, -0.2) is 0 Å². The summed E-state index contributed by atoms with van der Waals surface area (Å²) in [6.07, 6.45) is 89.0. The van der Waals surface area contributed by atoms with E-state index in [2.05, 4.69) is 187 Å². The summed E-state index contributed by atoms with van der Waals surface area (Å²) in [5.41, 5.74) is 27.7. The van der Waals surface area contributed by atoms with Gasteiger partial charge >= 0.3 is 0 Å². The highest BCUT2D eigenvalue weighted by Crippen LogP contribution is 2.59. The molecule has 0 aromatic heterocycles. The van der Waals surface area contributed by atoms with Crippen molar-refractivity contribution in [2.24, 2.45) is 0 Å². The molecule has 7 rings (SSSR count). The van der Waals surface area contributed by atoms with Crippen molar-refractivity contribution in [1.29, 1.82) is 0 Å². The molecule has 0 amide bonds. The van der Waals surface area contributed by atoms with E-state index >= 15 is 0 Å². The second-order valence-electron chi connectivity index (χ2n) is 35.7. The highest BCUT2D eigenvalue weighted by Gasteiger charge is 2.34. The first-order valence-corrected chi connectivity index (χ1v) is 50.3. The van der Waals surface area contributed by atoms with Gasteiger partial charge in [-0.25, -0.2) is 0 Å². The average Bonchev–Trinajstić information content (AvgIpc) is 0.703. The van der Waals surface area contributed by atoms with Gasteiger partial charge in [-0.05, 0) is 177 Å². The van der Waals surface area contributed by atoms with Gasteiger partial charge in [0, 0.05) is 0 Å². The molecule has 7 aromatic carbocycles. The Kier molecular flexibility index (Phi) is 53.4. The molecule has 0 heterocycles. The Hall–Kier alpha value is -5.46. The van der Waals surface area contributed by atoms with Crippen LogP contribution < -0.4 is 0 Å². The molecule has 114 heavy (non-hydrogen) atoms. The highest BCUT2D eigenvalue weighted by atomic mass is 14.4. The minimum absolute atomic E-state index is 1.09. The predicted octanol–water partition coefficient (Wildman–Crippen LogP) is 38.5. The number of unbranched alkanes of at least 4 members (excludes halogenated alkanes) is 54. The molecular weight excluding hydrogens is 1370 g/mol. The van der Waals surface area contributed by atoms with Crippen molar-refractivity contribution < 1.29 is 0 Å². The maximum absolute atomic E-state index is 2.64. The lowest BCUT2D eigenvalue weighted by Crippen LogP contribution is -2.15. The summed E-state index contributed by atoms with van der Waals surface area (Å²) in [4.78, 5) is 0. The molecular formula is C114H174. The number of hydrogen-bond donors (Lipinski definition) is 0. The second kappa shape index (κ2) is 63.6. The summed E-state index contributed by atoms with van der Waals surface area (Å²) in [5, 5.41) is 0. The van der Waals surface area contributed by atoms with Crippen LogP contribution in [0.1, 0.15) is 460 Å². The molecule has 0 aliphatic heterocycles. The third-order valence-corrected chi connectivity index (χ3v) is 26.0. The fourth-order valence-electron chi connectivity index (χ4n) is 19.4. The summed E-state index contributed by atoms with van der Waals surface area (Å²) in [5.74, 6) is 0. The van der Waals surface area contributed by atoms with Gasteiger partial charge in [0.15, 0.2) is 0 Å². The Morgan fingerprint density at radius 3 is 0.553 bits per heavy atom. The number of rotatable bonds is 72. The van der Waals surface area contributed by atoms with Crippen molar-refractivity contribution in [1.82, 2.24) is 0 Å². The molecule has 0 N–H and O–H groups in total. The van der Waals surface area contributed by atoms with Crippen LogP contribution >= 0.6 is 0 Å². The SMILES string of the molecule is CCCCCCCCCCCCc1ccccc1-c1c(-c2ccccc2)c(-c2ccccc2)c(-c2ccccc2)c(-c2ccccc2)c1-c1c(CCCCCCCCCCCC)c(CCCCCCCCCCCC)c(CCCCCCCCCCCC)c(CCCCCCCCCCCC)c1CCCCCCCCCCCC. The van der Waals surface area contributed by atoms with Crippen LogP contribution in [0.4, 0.5) is 0 Å². The minimum Gasteiger partial charge on any atom is -0.0654 e. The molecule has 0 unspecified atom stereocenters. The monoisotopic (exact) mass is 1540 g/mol. The lowest BCUT2D eigenvalue weighted by atomic mass is 9.69. The zero-order valence-electron chi connectivity index (χ0n) is 75.5. The van der Waals surface area contributed by atoms with Gasteiger partial charge in [-0.1, -0.05) is 534 Å². The molecule has 0 aliphatic carbocycles. The predicted molar refractivity (Wildman–Crippen MR) is 512 cm³/mol. The van der Waals surface area contributed by atoms with Crippen LogP contribution in [0.2, 0.25) is 0 Å². The maximum Gasteiger partial charge on any atom is -0.000803 e. The molecule has 0 heteroatoms. The van der Waals surface area contributed by atoms with Gasteiger partial charge in [-0.2, -0.15) is 0 Å². The molecule has 0 fully saturated rings. The van der Waals surface area contributed by atoms with Crippen LogP contribution in [0, 0.1) is 0 Å². The Balaban J connectivity index is 1.63. The quantitative estimate of drug-likeness (QED) is 0.0333. The topological polar surface area (TPSA) is 0 Å². The maximum atomic E-state index is 2.64. The summed E-state index contributed by atoms with van der Waals surface area (Å²) in [7, 11) is 0. The molecule has 630 valence electrons. The molecule has 7 aromatic rings. The van der Waals surface area contributed by atoms with Gasteiger partial charge in [-0.15, -0.1) is 0 Å². The lowest BCUT2D eigenvalue weighted by Gasteiger charge is -2.34. The third kappa shape index (κ3) is 36.0. The highest BCUT2D eigenvalue weighted by molar-refractivity contribution is 6.16. The summed E-state index contributed by atoms with van der Waals surface area (Å²) in [6.45, 7) is 14.2. The van der Waals surface area contributed by atoms with Gasteiger partial charge in [-0.3, -0.25) is 0 Å². The molecule has 0 bridgehead atoms. The summed E-state index contributed by atoms with van der Waals surface area (Å²) >= 11 is 0. The second-order valence-corrected chi connectivity index (χ2v) is 35.7. The van der Waals surface area contributed by atoms with Crippen molar-refractivity contribution in [3.8, 4) is 66.8 Å². The lowest BCUT2D eigenvalue weighted by molar-refractivity contribution is 0.547. The smallest absolute Gasteiger partial charge is 0.000803 e. The van der Waals surface area contributed by atoms with E-state index in [4.69, 9.17) is 0 Å². The van der Waals surface area contributed by atoms with Crippen LogP contribution in [0.3, 0.4) is 0 Å². The van der Waals surface area contributed by atoms with E-state index in [-0.39, 0.29) is 0 Å². The van der Waals surface area contributed by atoms with E-state index in [1.807, 2.05) is 16.7 Å². The van der Waals surface area contributed by atoms with Crippen molar-refractivity contribution in [3.63, 3.8) is 0 Å². The number of hydrogen-bond acceptors (Lipinski definition) is 0. The Bertz CT molecular complexity index is 3360. The number of aryl methyl sites for hydroxylation is 1. The van der Waals surface area contributed by atoms with Crippen LogP contribution in [-0.2, 0) is 38.5 Å². The standard InChI is InChI=1S/C114H174/c1-7-13-19-25-31-37-43-49-55-65-81-97-82-79-80-91-102(97)113-110(100-87-70-63-71-88-100)108(98-83-66-61-67-84-98)109(99-85-68-62-69-86-99)111(101-89-72-64-73-90-101)114(113)112-106(95-77-59-53-47-41-35-29-23-17-11-5)104(93-75-57-51-45-39-33-27-21-15-9-3)103(92-74-56-50-44-38-32-26-20-14-8-2)105(94-76-58-52-46-40-34-28-22-16-10-4)107(112)96-78-60-54-48-42-36-30-24-18-12-6/h61-64,66-73,79-80,82-91H,7-60,65,74-78,81,92-96H2,1-6H3. The van der Waals surface area contributed by atoms with Gasteiger partial charge in [0.1, 0.15) is 0 Å². The van der Waals surface area contributed by atoms with E-state index in [9.17, 15) is 0 Å². The zero-order chi connectivity index (χ0) is 80.0. The average molecular weight is 1540 g/mol. The summed E-state index contributed by atoms with van der Waals surface area (Å²) in [6, 6.07) is 58.1. The van der Waals surface area contributed by atoms with E-state index in [0.29, 0.717) is 0 Å². The molecule has 0 spiro atoms. The van der Waals surface area contributed by atoms with Gasteiger partial charge < -0.3 is 0 Å². The number of benzene rings is 7. The molecule has 0 atom stereocenters. The molecule has 0 saturated carbocycles. The molecule has 0 nitrogen and oxygen atoms in total. The van der Waals surface area contributed by atoms with Crippen LogP contribution in [0.15, 0.2) is 146 Å². The van der Waals surface area contributed by atoms with Crippen LogP contribution in [0.5, 0.6) is 0 Å². The molecule has 0 radical (unpaired) electrons. The van der Waals surface area contributed by atoms with E-state index < -0.39 is 0 Å². The zero-order valence-corrected chi connectivity index (χ0v) is 75.5. The summed E-state index contributed by atoms with van der Waals surface area (Å²) < 4.78 is 0. The minimum atomic E-state index is 1.09. The van der Waals surface area contributed by atoms with E-state index in [1.165, 1.54) is 466 Å². The molecule has 0 aliphatic rings. The first-order valence-electron chi connectivity index (χ1n) is 50.3. The van der Waals surface area contributed by atoms with Crippen molar-refractivity contribution in [2.75, 3.05) is 0 Å². The van der Waals surface area contributed by atoms with Crippen molar-refractivity contribution in [2.45, 2.75) is 465 Å². The van der Waals surface area contributed by atoms with E-state index in [1.54, 1.807) is 22.3 Å². The van der Waals surface area contributed by atoms with Gasteiger partial charge in [0.25, 0.3) is 0 Å². The van der Waals surface area contributed by atoms with E-state index in [0.717, 1.165) is 19.3 Å².